The van der Waals surface area contributed by atoms with Crippen LogP contribution in [0.5, 0.6) is 0 Å². The fraction of sp³-hybridized carbons (Fsp3) is 0.278. The lowest BCUT2D eigenvalue weighted by Gasteiger charge is -2.30. The molecule has 0 aliphatic rings. The van der Waals surface area contributed by atoms with Crippen molar-refractivity contribution in [3.8, 4) is 0 Å². The maximum absolute atomic E-state index is 12.4. The largest absolute Gasteiger partial charge is 0.388 e. The van der Waals surface area contributed by atoms with Crippen LogP contribution in [0.3, 0.4) is 0 Å². The summed E-state index contributed by atoms with van der Waals surface area (Å²) in [7, 11) is 0. The molecule has 0 bridgehead atoms. The zero-order valence-corrected chi connectivity index (χ0v) is 14.4. The van der Waals surface area contributed by atoms with Crippen LogP contribution in [0.1, 0.15) is 31.1 Å². The number of fused-ring (bicyclic) bond motifs is 1. The fourth-order valence-electron chi connectivity index (χ4n) is 2.70. The normalized spacial score (nSPS) is 12.8. The van der Waals surface area contributed by atoms with Gasteiger partial charge in [0.15, 0.2) is 0 Å². The molecule has 3 rings (SSSR count). The minimum atomic E-state index is -1.13. The number of amides is 2. The number of aliphatic hydroxyl groups is 1. The van der Waals surface area contributed by atoms with Gasteiger partial charge in [-0.15, -0.1) is 0 Å². The third kappa shape index (κ3) is 3.77. The van der Waals surface area contributed by atoms with E-state index in [9.17, 15) is 9.90 Å². The summed E-state index contributed by atoms with van der Waals surface area (Å²) in [6.07, 6.45) is 1.66. The Morgan fingerprint density at radius 1 is 1.28 bits per heavy atom. The second kappa shape index (κ2) is 6.52. The Kier molecular flexibility index (Phi) is 4.41. The molecule has 0 fully saturated rings. The number of nitrogens with zero attached hydrogens (tertiary/aromatic N) is 2. The van der Waals surface area contributed by atoms with Crippen LogP contribution < -0.4 is 10.6 Å². The van der Waals surface area contributed by atoms with Crippen molar-refractivity contribution in [3.63, 3.8) is 0 Å². The minimum Gasteiger partial charge on any atom is -0.388 e. The first kappa shape index (κ1) is 16.9. The van der Waals surface area contributed by atoms with Crippen molar-refractivity contribution >= 4 is 22.8 Å². The molecule has 4 N–H and O–H groups in total. The highest BCUT2D eigenvalue weighted by Gasteiger charge is 2.29. The molecule has 130 valence electrons. The Morgan fingerprint density at radius 2 is 2.00 bits per heavy atom. The van der Waals surface area contributed by atoms with Crippen LogP contribution in [0.15, 0.2) is 42.6 Å². The quantitative estimate of drug-likeness (QED) is 0.587. The van der Waals surface area contributed by atoms with Gasteiger partial charge < -0.3 is 10.4 Å². The molecular weight excluding hydrogens is 318 g/mol. The summed E-state index contributed by atoms with van der Waals surface area (Å²) in [5.74, 6) is 0.388. The van der Waals surface area contributed by atoms with E-state index in [0.717, 1.165) is 22.2 Å². The van der Waals surface area contributed by atoms with Gasteiger partial charge in [-0.1, -0.05) is 30.3 Å². The summed E-state index contributed by atoms with van der Waals surface area (Å²) in [4.78, 5) is 16.6. The van der Waals surface area contributed by atoms with Gasteiger partial charge >= 0.3 is 6.03 Å². The van der Waals surface area contributed by atoms with Crippen LogP contribution in [0, 0.1) is 6.92 Å². The molecule has 2 aromatic heterocycles. The van der Waals surface area contributed by atoms with Crippen molar-refractivity contribution in [1.29, 1.82) is 0 Å². The first-order valence-electron chi connectivity index (χ1n) is 8.00. The lowest BCUT2D eigenvalue weighted by Crippen LogP contribution is -2.43. The van der Waals surface area contributed by atoms with E-state index in [4.69, 9.17) is 0 Å². The van der Waals surface area contributed by atoms with Gasteiger partial charge in [0.1, 0.15) is 5.82 Å². The van der Waals surface area contributed by atoms with Gasteiger partial charge in [-0.05, 0) is 26.3 Å². The predicted octanol–water partition coefficient (Wildman–Crippen LogP) is 2.90. The van der Waals surface area contributed by atoms with E-state index < -0.39 is 17.7 Å². The first-order chi connectivity index (χ1) is 11.8. The molecule has 2 heterocycles. The fourth-order valence-corrected chi connectivity index (χ4v) is 2.70. The molecule has 1 aromatic carbocycles. The number of aromatic nitrogens is 3. The standard InChI is InChI=1S/C18H21N5O2/c1-11-13-10-19-15(9-14(13)23-22-11)20-17(24)21-16(18(2,3)25)12-7-5-4-6-8-12/h4-10,16,25H,1-3H3,(H,22,23)(H2,19,20,21,24)/t16-/m0/s1. The van der Waals surface area contributed by atoms with Crippen LogP contribution in [0.2, 0.25) is 0 Å². The maximum atomic E-state index is 12.4. The molecule has 3 aromatic rings. The number of hydrogen-bond acceptors (Lipinski definition) is 4. The average Bonchev–Trinajstić information content (AvgIpc) is 2.93. The van der Waals surface area contributed by atoms with Crippen LogP contribution >= 0.6 is 0 Å². The molecular formula is C18H21N5O2. The summed E-state index contributed by atoms with van der Waals surface area (Å²) in [5, 5.41) is 23.9. The number of aryl methyl sites for hydroxylation is 1. The molecule has 0 unspecified atom stereocenters. The van der Waals surface area contributed by atoms with E-state index in [1.54, 1.807) is 26.1 Å². The summed E-state index contributed by atoms with van der Waals surface area (Å²) in [5.41, 5.74) is 1.33. The number of H-pyrrole nitrogens is 1. The molecule has 0 aliphatic carbocycles. The van der Waals surface area contributed by atoms with Crippen LogP contribution in [0.4, 0.5) is 10.6 Å². The number of anilines is 1. The summed E-state index contributed by atoms with van der Waals surface area (Å²) < 4.78 is 0. The van der Waals surface area contributed by atoms with Gasteiger partial charge in [0.05, 0.1) is 17.2 Å². The van der Waals surface area contributed by atoms with Crippen molar-refractivity contribution in [2.24, 2.45) is 0 Å². The summed E-state index contributed by atoms with van der Waals surface area (Å²) in [6, 6.07) is 10.0. The predicted molar refractivity (Wildman–Crippen MR) is 96.3 cm³/mol. The van der Waals surface area contributed by atoms with Gasteiger partial charge in [-0.25, -0.2) is 9.78 Å². The van der Waals surface area contributed by atoms with Gasteiger partial charge in [0, 0.05) is 23.3 Å². The third-order valence-corrected chi connectivity index (χ3v) is 3.99. The minimum absolute atomic E-state index is 0.388. The molecule has 7 nitrogen and oxygen atoms in total. The van der Waals surface area contributed by atoms with E-state index in [-0.39, 0.29) is 0 Å². The van der Waals surface area contributed by atoms with Crippen molar-refractivity contribution < 1.29 is 9.90 Å². The molecule has 0 saturated carbocycles. The number of carbonyl (C=O) groups is 1. The van der Waals surface area contributed by atoms with Crippen molar-refractivity contribution in [3.05, 3.63) is 53.9 Å². The number of pyridine rings is 1. The van der Waals surface area contributed by atoms with Gasteiger partial charge in [0.2, 0.25) is 0 Å². The molecule has 1 atom stereocenters. The van der Waals surface area contributed by atoms with Crippen molar-refractivity contribution in [2.75, 3.05) is 5.32 Å². The zero-order chi connectivity index (χ0) is 18.0. The van der Waals surface area contributed by atoms with Crippen LogP contribution in [-0.4, -0.2) is 31.9 Å². The Labute approximate surface area is 145 Å². The molecule has 2 amide bonds. The van der Waals surface area contributed by atoms with E-state index in [1.165, 1.54) is 0 Å². The van der Waals surface area contributed by atoms with Gasteiger partial charge in [-0.3, -0.25) is 10.4 Å². The van der Waals surface area contributed by atoms with Crippen LogP contribution in [-0.2, 0) is 0 Å². The lowest BCUT2D eigenvalue weighted by atomic mass is 9.92. The Balaban J connectivity index is 1.77. The summed E-state index contributed by atoms with van der Waals surface area (Å²) >= 11 is 0. The SMILES string of the molecule is Cc1[nH]nc2cc(NC(=O)N[C@@H](c3ccccc3)C(C)(C)O)ncc12. The van der Waals surface area contributed by atoms with E-state index in [1.807, 2.05) is 37.3 Å². The first-order valence-corrected chi connectivity index (χ1v) is 8.00. The van der Waals surface area contributed by atoms with Crippen LogP contribution in [0.25, 0.3) is 10.9 Å². The Morgan fingerprint density at radius 3 is 2.68 bits per heavy atom. The molecule has 25 heavy (non-hydrogen) atoms. The van der Waals surface area contributed by atoms with Crippen molar-refractivity contribution in [1.82, 2.24) is 20.5 Å². The zero-order valence-electron chi connectivity index (χ0n) is 14.4. The van der Waals surface area contributed by atoms with Crippen molar-refractivity contribution in [2.45, 2.75) is 32.4 Å². The Bertz CT molecular complexity index is 883. The van der Waals surface area contributed by atoms with E-state index >= 15 is 0 Å². The number of carbonyl (C=O) groups excluding carboxylic acids is 1. The van der Waals surface area contributed by atoms with Gasteiger partial charge in [-0.2, -0.15) is 5.10 Å². The molecule has 0 radical (unpaired) electrons. The highest BCUT2D eigenvalue weighted by Crippen LogP contribution is 2.25. The molecule has 7 heteroatoms. The molecule has 0 saturated heterocycles. The second-order valence-corrected chi connectivity index (χ2v) is 6.53. The number of urea groups is 1. The van der Waals surface area contributed by atoms with E-state index in [2.05, 4.69) is 25.8 Å². The van der Waals surface area contributed by atoms with E-state index in [0.29, 0.717) is 5.82 Å². The molecule has 0 spiro atoms. The highest BCUT2D eigenvalue weighted by molar-refractivity contribution is 5.91. The highest BCUT2D eigenvalue weighted by atomic mass is 16.3. The number of benzene rings is 1. The number of aromatic amines is 1. The second-order valence-electron chi connectivity index (χ2n) is 6.53. The topological polar surface area (TPSA) is 103 Å². The smallest absolute Gasteiger partial charge is 0.320 e. The van der Waals surface area contributed by atoms with Gasteiger partial charge in [0.25, 0.3) is 0 Å². The Hall–Kier alpha value is -2.93. The molecule has 0 aliphatic heterocycles. The monoisotopic (exact) mass is 339 g/mol. The average molecular weight is 339 g/mol. The maximum Gasteiger partial charge on any atom is 0.320 e. The lowest BCUT2D eigenvalue weighted by molar-refractivity contribution is 0.0415. The third-order valence-electron chi connectivity index (χ3n) is 3.99. The number of nitrogens with one attached hydrogen (secondary N) is 3. The summed E-state index contributed by atoms with van der Waals surface area (Å²) in [6.45, 7) is 5.22. The number of hydrogen-bond donors (Lipinski definition) is 4. The number of rotatable bonds is 4.